The maximum absolute atomic E-state index is 5.95. The van der Waals surface area contributed by atoms with Crippen molar-refractivity contribution in [3.8, 4) is 5.69 Å². The maximum Gasteiger partial charge on any atom is 0.0559 e. The Kier molecular flexibility index (Phi) is 6.53. The van der Waals surface area contributed by atoms with E-state index in [0.717, 1.165) is 24.0 Å². The third-order valence-electron chi connectivity index (χ3n) is 8.57. The summed E-state index contributed by atoms with van der Waals surface area (Å²) in [6.07, 6.45) is 13.1. The van der Waals surface area contributed by atoms with Crippen LogP contribution >= 0.6 is 0 Å². The Morgan fingerprint density at radius 2 is 1.60 bits per heavy atom. The van der Waals surface area contributed by atoms with Crippen molar-refractivity contribution in [3.63, 3.8) is 0 Å². The van der Waals surface area contributed by atoms with Gasteiger partial charge in [0.15, 0.2) is 0 Å². The minimum atomic E-state index is 0.612. The van der Waals surface area contributed by atoms with Crippen LogP contribution < -0.4 is 10.6 Å². The van der Waals surface area contributed by atoms with Gasteiger partial charge in [-0.25, -0.2) is 0 Å². The normalized spacial score (nSPS) is 17.3. The minimum absolute atomic E-state index is 0.612. The lowest BCUT2D eigenvalue weighted by atomic mass is 9.92. The Bertz CT molecular complexity index is 2000. The first-order valence-electron chi connectivity index (χ1n) is 14.7. The monoisotopic (exact) mass is 545 g/mol. The summed E-state index contributed by atoms with van der Waals surface area (Å²) in [6, 6.07) is 30.7. The molecule has 0 fully saturated rings. The Morgan fingerprint density at radius 3 is 2.38 bits per heavy atom. The van der Waals surface area contributed by atoms with E-state index in [1.54, 1.807) is 0 Å². The van der Waals surface area contributed by atoms with E-state index in [1.807, 2.05) is 0 Å². The molecule has 1 aliphatic heterocycles. The van der Waals surface area contributed by atoms with Crippen molar-refractivity contribution in [1.29, 1.82) is 0 Å². The molecule has 42 heavy (non-hydrogen) atoms. The average molecular weight is 546 g/mol. The number of hydrogen-bond donors (Lipinski definition) is 1. The molecule has 2 aliphatic rings. The van der Waals surface area contributed by atoms with Crippen molar-refractivity contribution in [1.82, 2.24) is 4.57 Å². The molecule has 0 amide bonds. The Hall–Kier alpha value is -4.86. The van der Waals surface area contributed by atoms with Crippen LogP contribution in [0.3, 0.4) is 0 Å². The van der Waals surface area contributed by atoms with Gasteiger partial charge in [0.2, 0.25) is 0 Å². The SMILES string of the molecule is C=C1/C=C(c2ccc3c(c2)c2ccccc2n3-c2ccccc2)\C=C/N(C2=CC=C(CN)CC2)c2c(C)cc(C)cc21. The first kappa shape index (κ1) is 26.1. The van der Waals surface area contributed by atoms with E-state index in [2.05, 4.69) is 145 Å². The highest BCUT2D eigenvalue weighted by Crippen LogP contribution is 2.40. The number of aromatic nitrogens is 1. The van der Waals surface area contributed by atoms with E-state index in [4.69, 9.17) is 5.73 Å². The zero-order valence-electron chi connectivity index (χ0n) is 24.3. The lowest BCUT2D eigenvalue weighted by molar-refractivity contribution is 0.847. The largest absolute Gasteiger partial charge is 0.327 e. The molecule has 2 N–H and O–H groups in total. The van der Waals surface area contributed by atoms with Crippen LogP contribution in [0.1, 0.15) is 35.1 Å². The molecule has 4 aromatic carbocycles. The molecule has 0 atom stereocenters. The van der Waals surface area contributed by atoms with Crippen molar-refractivity contribution in [2.75, 3.05) is 11.4 Å². The van der Waals surface area contributed by atoms with Gasteiger partial charge in [-0.1, -0.05) is 72.3 Å². The molecule has 1 aromatic heterocycles. The maximum atomic E-state index is 5.95. The zero-order chi connectivity index (χ0) is 28.8. The van der Waals surface area contributed by atoms with E-state index >= 15 is 0 Å². The standard InChI is InChI=1S/C39H35N3/c1-26-21-28(3)39-35(22-26)27(2)23-31(19-20-41(39)32-16-13-29(25-40)14-17-32)30-15-18-38-36(24-30)34-11-7-8-12-37(34)42(38)33-9-5-4-6-10-33/h4-13,15-16,18-24H,2,14,17,25,40H2,1,3H3/b20-19-,31-23+. The molecule has 5 aromatic rings. The van der Waals surface area contributed by atoms with Crippen molar-refractivity contribution in [2.45, 2.75) is 26.7 Å². The van der Waals surface area contributed by atoms with Crippen molar-refractivity contribution >= 4 is 38.6 Å². The highest BCUT2D eigenvalue weighted by Gasteiger charge is 2.22. The number of para-hydroxylation sites is 2. The van der Waals surface area contributed by atoms with Crippen molar-refractivity contribution in [2.24, 2.45) is 5.73 Å². The van der Waals surface area contributed by atoms with Gasteiger partial charge in [0, 0.05) is 40.5 Å². The van der Waals surface area contributed by atoms with E-state index in [-0.39, 0.29) is 0 Å². The summed E-state index contributed by atoms with van der Waals surface area (Å²) in [5, 5.41) is 2.49. The van der Waals surface area contributed by atoms with Crippen molar-refractivity contribution < 1.29 is 0 Å². The fourth-order valence-electron chi connectivity index (χ4n) is 6.53. The van der Waals surface area contributed by atoms with Crippen LogP contribution in [0.2, 0.25) is 0 Å². The quantitative estimate of drug-likeness (QED) is 0.244. The first-order chi connectivity index (χ1) is 20.5. The first-order valence-corrected chi connectivity index (χ1v) is 14.7. The number of anilines is 1. The van der Waals surface area contributed by atoms with E-state index in [0.29, 0.717) is 6.54 Å². The molecular weight excluding hydrogens is 510 g/mol. The van der Waals surface area contributed by atoms with Gasteiger partial charge in [0.05, 0.1) is 16.7 Å². The Morgan fingerprint density at radius 1 is 0.810 bits per heavy atom. The van der Waals surface area contributed by atoms with Gasteiger partial charge in [-0.3, -0.25) is 0 Å². The molecule has 0 saturated heterocycles. The molecule has 206 valence electrons. The van der Waals surface area contributed by atoms with E-state index in [9.17, 15) is 0 Å². The van der Waals surface area contributed by atoms with Crippen LogP contribution in [0.5, 0.6) is 0 Å². The zero-order valence-corrected chi connectivity index (χ0v) is 24.3. The molecule has 0 saturated carbocycles. The van der Waals surface area contributed by atoms with E-state index < -0.39 is 0 Å². The number of benzene rings is 4. The van der Waals surface area contributed by atoms with Gasteiger partial charge in [0.1, 0.15) is 0 Å². The van der Waals surface area contributed by atoms with Crippen LogP contribution in [-0.4, -0.2) is 11.1 Å². The number of nitrogens with two attached hydrogens (primary N) is 1. The molecule has 2 heterocycles. The smallest absolute Gasteiger partial charge is 0.0559 e. The number of fused-ring (bicyclic) bond motifs is 4. The summed E-state index contributed by atoms with van der Waals surface area (Å²) in [7, 11) is 0. The van der Waals surface area contributed by atoms with Crippen molar-refractivity contribution in [3.05, 3.63) is 156 Å². The summed E-state index contributed by atoms with van der Waals surface area (Å²) >= 11 is 0. The molecule has 3 nitrogen and oxygen atoms in total. The Balaban J connectivity index is 1.40. The summed E-state index contributed by atoms with van der Waals surface area (Å²) < 4.78 is 2.36. The number of rotatable bonds is 4. The number of hydrogen-bond acceptors (Lipinski definition) is 2. The molecule has 3 heteroatoms. The van der Waals surface area contributed by atoms with E-state index in [1.165, 1.54) is 66.7 Å². The van der Waals surface area contributed by atoms with Crippen LogP contribution in [-0.2, 0) is 0 Å². The van der Waals surface area contributed by atoms with Gasteiger partial charge >= 0.3 is 0 Å². The predicted octanol–water partition coefficient (Wildman–Crippen LogP) is 9.39. The summed E-state index contributed by atoms with van der Waals surface area (Å²) in [6.45, 7) is 9.56. The third kappa shape index (κ3) is 4.43. The average Bonchev–Trinajstić information content (AvgIpc) is 3.34. The Labute approximate surface area is 247 Å². The molecule has 0 radical (unpaired) electrons. The highest BCUT2D eigenvalue weighted by atomic mass is 15.1. The van der Waals surface area contributed by atoms with Gasteiger partial charge in [-0.2, -0.15) is 0 Å². The third-order valence-corrected chi connectivity index (χ3v) is 8.57. The molecule has 0 unspecified atom stereocenters. The van der Waals surface area contributed by atoms with Crippen LogP contribution in [0.4, 0.5) is 5.69 Å². The lowest BCUT2D eigenvalue weighted by Crippen LogP contribution is -2.21. The second-order valence-electron chi connectivity index (χ2n) is 11.4. The fraction of sp³-hybridized carbons (Fsp3) is 0.128. The molecular formula is C39H35N3. The summed E-state index contributed by atoms with van der Waals surface area (Å²) in [4.78, 5) is 2.37. The van der Waals surface area contributed by atoms with Crippen LogP contribution in [0, 0.1) is 13.8 Å². The molecule has 7 rings (SSSR count). The fourth-order valence-corrected chi connectivity index (χ4v) is 6.53. The topological polar surface area (TPSA) is 34.2 Å². The van der Waals surface area contributed by atoms with Gasteiger partial charge < -0.3 is 15.2 Å². The van der Waals surface area contributed by atoms with Gasteiger partial charge in [0.25, 0.3) is 0 Å². The second-order valence-corrected chi connectivity index (χ2v) is 11.4. The lowest BCUT2D eigenvalue weighted by Gasteiger charge is -2.31. The predicted molar refractivity (Wildman–Crippen MR) is 180 cm³/mol. The summed E-state index contributed by atoms with van der Waals surface area (Å²) in [5.41, 5.74) is 20.3. The number of allylic oxidation sites excluding steroid dienone is 7. The minimum Gasteiger partial charge on any atom is -0.327 e. The number of aryl methyl sites for hydroxylation is 2. The van der Waals surface area contributed by atoms with Crippen LogP contribution in [0.25, 0.3) is 38.6 Å². The highest BCUT2D eigenvalue weighted by molar-refractivity contribution is 6.10. The summed E-state index contributed by atoms with van der Waals surface area (Å²) in [5.74, 6) is 0. The van der Waals surface area contributed by atoms with Gasteiger partial charge in [-0.15, -0.1) is 0 Å². The molecule has 1 aliphatic carbocycles. The molecule has 0 spiro atoms. The number of nitrogens with zero attached hydrogens (tertiary/aromatic N) is 2. The van der Waals surface area contributed by atoms with Gasteiger partial charge in [-0.05, 0) is 104 Å². The molecule has 0 bridgehead atoms. The van der Waals surface area contributed by atoms with Crippen LogP contribution in [0.15, 0.2) is 133 Å². The second kappa shape index (κ2) is 10.5.